The van der Waals surface area contributed by atoms with Crippen LogP contribution in [0.25, 0.3) is 6.08 Å². The second-order valence-electron chi connectivity index (χ2n) is 9.38. The van der Waals surface area contributed by atoms with Gasteiger partial charge in [0.1, 0.15) is 24.3 Å². The molecule has 1 aliphatic rings. The maximum absolute atomic E-state index is 14.7. The number of benzene rings is 2. The molecule has 1 aliphatic heterocycles. The Labute approximate surface area is 222 Å². The first-order valence-electron chi connectivity index (χ1n) is 12.0. The summed E-state index contributed by atoms with van der Waals surface area (Å²) in [4.78, 5) is 3.10. The molecule has 0 amide bonds. The van der Waals surface area contributed by atoms with E-state index in [1.807, 2.05) is 6.92 Å². The van der Waals surface area contributed by atoms with Crippen molar-refractivity contribution in [1.82, 2.24) is 14.8 Å². The number of halogens is 5. The summed E-state index contributed by atoms with van der Waals surface area (Å²) in [5.74, 6) is -1.64. The van der Waals surface area contributed by atoms with Gasteiger partial charge in [0.25, 0.3) is 9.84 Å². The first kappa shape index (κ1) is 28.8. The lowest BCUT2D eigenvalue weighted by Crippen LogP contribution is -2.33. The van der Waals surface area contributed by atoms with Crippen molar-refractivity contribution in [2.45, 2.75) is 42.5 Å². The van der Waals surface area contributed by atoms with E-state index in [0.717, 1.165) is 18.2 Å². The highest BCUT2D eigenvalue weighted by molar-refractivity contribution is 7.92. The summed E-state index contributed by atoms with van der Waals surface area (Å²) in [7, 11) is -5.41. The normalized spacial score (nSPS) is 20.3. The third-order valence-corrected chi connectivity index (χ3v) is 8.04. The van der Waals surface area contributed by atoms with Crippen molar-refractivity contribution in [3.63, 3.8) is 0 Å². The second-order valence-corrected chi connectivity index (χ2v) is 11.3. The Morgan fingerprint density at radius 2 is 1.79 bits per heavy atom. The fourth-order valence-corrected chi connectivity index (χ4v) is 5.25. The molecule has 1 fully saturated rings. The molecule has 2 aromatic carbocycles. The maximum atomic E-state index is 14.7. The van der Waals surface area contributed by atoms with E-state index < -0.39 is 38.2 Å². The maximum Gasteiger partial charge on any atom is 0.501 e. The second kappa shape index (κ2) is 11.9. The first-order chi connectivity index (χ1) is 18.4. The Morgan fingerprint density at radius 3 is 2.38 bits per heavy atom. The van der Waals surface area contributed by atoms with Gasteiger partial charge in [-0.15, -0.1) is 0 Å². The molecule has 0 bridgehead atoms. The number of alkyl halides is 3. The molecule has 0 spiro atoms. The molecule has 0 N–H and O–H groups in total. The van der Waals surface area contributed by atoms with E-state index in [1.165, 1.54) is 36.9 Å². The molecule has 39 heavy (non-hydrogen) atoms. The third-order valence-electron chi connectivity index (χ3n) is 6.54. The summed E-state index contributed by atoms with van der Waals surface area (Å²) in [5, 5.41) is 4.11. The predicted molar refractivity (Wildman–Crippen MR) is 131 cm³/mol. The van der Waals surface area contributed by atoms with Crippen molar-refractivity contribution >= 4 is 15.9 Å². The molecular formula is C26H26F5N3O4S. The van der Waals surface area contributed by atoms with E-state index in [0.29, 0.717) is 37.3 Å². The minimum Gasteiger partial charge on any atom is -0.349 e. The van der Waals surface area contributed by atoms with Crippen LogP contribution >= 0.6 is 0 Å². The molecule has 4 rings (SSSR count). The Balaban J connectivity index is 1.34. The SMILES string of the molecule is C[C@@H](CC1COC(/C=C/c2ccc(S(=O)(=O)C(F)(F)F)cc2)OC1)C(Cn1cncn1)c1ccc(F)cc1F. The zero-order valence-electron chi connectivity index (χ0n) is 20.8. The van der Waals surface area contributed by atoms with Crippen molar-refractivity contribution in [3.8, 4) is 0 Å². The van der Waals surface area contributed by atoms with Crippen molar-refractivity contribution in [1.29, 1.82) is 0 Å². The highest BCUT2D eigenvalue weighted by atomic mass is 32.2. The van der Waals surface area contributed by atoms with Gasteiger partial charge >= 0.3 is 5.51 Å². The van der Waals surface area contributed by atoms with Gasteiger partial charge in [0.15, 0.2) is 6.29 Å². The van der Waals surface area contributed by atoms with E-state index in [2.05, 4.69) is 10.1 Å². The van der Waals surface area contributed by atoms with Gasteiger partial charge in [0.05, 0.1) is 18.1 Å². The predicted octanol–water partition coefficient (Wildman–Crippen LogP) is 5.36. The average molecular weight is 572 g/mol. The molecule has 7 nitrogen and oxygen atoms in total. The molecule has 1 saturated heterocycles. The van der Waals surface area contributed by atoms with E-state index in [4.69, 9.17) is 9.47 Å². The van der Waals surface area contributed by atoms with Crippen LogP contribution in [0.1, 0.15) is 30.4 Å². The van der Waals surface area contributed by atoms with E-state index in [-0.39, 0.29) is 17.8 Å². The van der Waals surface area contributed by atoms with Crippen LogP contribution in [0, 0.1) is 23.5 Å². The summed E-state index contributed by atoms with van der Waals surface area (Å²) >= 11 is 0. The molecular weight excluding hydrogens is 545 g/mol. The summed E-state index contributed by atoms with van der Waals surface area (Å²) in [6.45, 7) is 3.03. The number of sulfone groups is 1. The molecule has 1 aromatic heterocycles. The topological polar surface area (TPSA) is 83.3 Å². The Kier molecular flexibility index (Phi) is 8.82. The minimum atomic E-state index is -5.41. The van der Waals surface area contributed by atoms with Crippen LogP contribution in [-0.4, -0.2) is 48.2 Å². The Morgan fingerprint density at radius 1 is 1.10 bits per heavy atom. The van der Waals surface area contributed by atoms with Crippen LogP contribution in [0.2, 0.25) is 0 Å². The van der Waals surface area contributed by atoms with E-state index in [1.54, 1.807) is 16.8 Å². The molecule has 0 saturated carbocycles. The summed E-state index contributed by atoms with van der Waals surface area (Å²) < 4.78 is 102. The van der Waals surface area contributed by atoms with Crippen molar-refractivity contribution in [3.05, 3.63) is 84.0 Å². The fourth-order valence-electron chi connectivity index (χ4n) is 4.49. The number of rotatable bonds is 9. The molecule has 3 aromatic rings. The zero-order valence-corrected chi connectivity index (χ0v) is 21.6. The molecule has 0 aliphatic carbocycles. The number of nitrogens with zero attached hydrogens (tertiary/aromatic N) is 3. The van der Waals surface area contributed by atoms with Crippen molar-refractivity contribution in [2.75, 3.05) is 13.2 Å². The van der Waals surface area contributed by atoms with E-state index >= 15 is 0 Å². The van der Waals surface area contributed by atoms with Gasteiger partial charge in [0.2, 0.25) is 0 Å². The van der Waals surface area contributed by atoms with Crippen LogP contribution in [0.5, 0.6) is 0 Å². The van der Waals surface area contributed by atoms with E-state index in [9.17, 15) is 30.4 Å². The van der Waals surface area contributed by atoms with Crippen LogP contribution in [0.4, 0.5) is 22.0 Å². The lowest BCUT2D eigenvalue weighted by Gasteiger charge is -2.32. The summed E-state index contributed by atoms with van der Waals surface area (Å²) in [6, 6.07) is 7.83. The highest BCUT2D eigenvalue weighted by Crippen LogP contribution is 2.34. The van der Waals surface area contributed by atoms with Gasteiger partial charge in [-0.2, -0.15) is 18.3 Å². The molecule has 2 atom stereocenters. The average Bonchev–Trinajstić information content (AvgIpc) is 3.40. The van der Waals surface area contributed by atoms with Gasteiger partial charge in [-0.3, -0.25) is 4.68 Å². The van der Waals surface area contributed by atoms with Gasteiger partial charge < -0.3 is 9.47 Å². The van der Waals surface area contributed by atoms with Crippen LogP contribution in [-0.2, 0) is 25.9 Å². The standard InChI is InChI=1S/C26H26F5N3O4S/c1-17(23(12-34-16-32-15-33-34)22-8-5-20(27)11-24(22)28)10-19-13-37-25(38-14-19)9-4-18-2-6-21(7-3-18)39(35,36)26(29,30)31/h2-9,11,15-17,19,23,25H,10,12-14H2,1H3/b9-4+/t17-,19?,23?,25?/m0/s1. The van der Waals surface area contributed by atoms with Crippen molar-refractivity contribution in [2.24, 2.45) is 11.8 Å². The first-order valence-corrected chi connectivity index (χ1v) is 13.5. The Bertz CT molecular complexity index is 1370. The van der Waals surface area contributed by atoms with Gasteiger partial charge in [-0.1, -0.05) is 31.2 Å². The Hall–Kier alpha value is -3.16. The highest BCUT2D eigenvalue weighted by Gasteiger charge is 2.46. The zero-order chi connectivity index (χ0) is 28.2. The molecule has 1 unspecified atom stereocenters. The minimum absolute atomic E-state index is 0.00161. The van der Waals surface area contributed by atoms with Crippen LogP contribution < -0.4 is 0 Å². The number of hydrogen-bond acceptors (Lipinski definition) is 6. The van der Waals surface area contributed by atoms with Gasteiger partial charge in [-0.05, 0) is 47.7 Å². The lowest BCUT2D eigenvalue weighted by molar-refractivity contribution is -0.176. The van der Waals surface area contributed by atoms with Crippen LogP contribution in [0.3, 0.4) is 0 Å². The third kappa shape index (κ3) is 7.08. The molecule has 0 radical (unpaired) electrons. The molecule has 13 heteroatoms. The number of hydrogen-bond donors (Lipinski definition) is 0. The fraction of sp³-hybridized carbons (Fsp3) is 0.385. The summed E-state index contributed by atoms with van der Waals surface area (Å²) in [6.07, 6.45) is 5.99. The van der Waals surface area contributed by atoms with Gasteiger partial charge in [-0.25, -0.2) is 22.2 Å². The number of aromatic nitrogens is 3. The number of ether oxygens (including phenoxy) is 2. The van der Waals surface area contributed by atoms with Gasteiger partial charge in [0, 0.05) is 24.4 Å². The van der Waals surface area contributed by atoms with Crippen molar-refractivity contribution < 1.29 is 39.8 Å². The summed E-state index contributed by atoms with van der Waals surface area (Å²) in [5.41, 5.74) is -4.52. The molecule has 210 valence electrons. The quantitative estimate of drug-likeness (QED) is 0.322. The molecule has 2 heterocycles. The smallest absolute Gasteiger partial charge is 0.349 e. The largest absolute Gasteiger partial charge is 0.501 e. The monoisotopic (exact) mass is 571 g/mol. The lowest BCUT2D eigenvalue weighted by atomic mass is 9.81. The van der Waals surface area contributed by atoms with Crippen LogP contribution in [0.15, 0.2) is 66.1 Å².